The first-order valence-corrected chi connectivity index (χ1v) is 6.85. The lowest BCUT2D eigenvalue weighted by Gasteiger charge is -2.05. The summed E-state index contributed by atoms with van der Waals surface area (Å²) in [6.45, 7) is 4.30. The maximum absolute atomic E-state index is 10.8. The second-order valence-electron chi connectivity index (χ2n) is 3.90. The molecule has 0 aromatic heterocycles. The van der Waals surface area contributed by atoms with Crippen molar-refractivity contribution in [3.05, 3.63) is 32.8 Å². The highest BCUT2D eigenvalue weighted by Gasteiger charge is 2.14. The van der Waals surface area contributed by atoms with Gasteiger partial charge in [-0.1, -0.05) is 29.8 Å². The summed E-state index contributed by atoms with van der Waals surface area (Å²) in [4.78, 5) is 11.3. The van der Waals surface area contributed by atoms with Gasteiger partial charge in [0.05, 0.1) is 9.82 Å². The fourth-order valence-electron chi connectivity index (χ4n) is 1.16. The number of benzene rings is 1. The summed E-state index contributed by atoms with van der Waals surface area (Å²) in [7, 11) is 0. The van der Waals surface area contributed by atoms with Gasteiger partial charge in [-0.3, -0.25) is 10.1 Å². The van der Waals surface area contributed by atoms with Crippen molar-refractivity contribution in [2.45, 2.75) is 25.2 Å². The molecule has 0 aliphatic heterocycles. The minimum atomic E-state index is -0.331. The number of nitro groups is 1. The molecule has 0 atom stereocenters. The molecule has 0 saturated carbocycles. The number of hydrogen-bond acceptors (Lipinski definition) is 3. The molecule has 0 radical (unpaired) electrons. The molecule has 0 N–H and O–H groups in total. The quantitative estimate of drug-likeness (QED) is 0.457. The Bertz CT molecular complexity index is 382. The number of thioether (sulfide) groups is 1. The lowest BCUT2D eigenvalue weighted by atomic mass is 10.2. The molecule has 1 aromatic carbocycles. The topological polar surface area (TPSA) is 43.1 Å². The van der Waals surface area contributed by atoms with Gasteiger partial charge in [-0.25, -0.2) is 0 Å². The second kappa shape index (κ2) is 6.25. The van der Waals surface area contributed by atoms with E-state index in [0.29, 0.717) is 5.92 Å². The largest absolute Gasteiger partial charge is 0.283 e. The van der Waals surface area contributed by atoms with Gasteiger partial charge in [0.15, 0.2) is 0 Å². The maximum atomic E-state index is 10.8. The summed E-state index contributed by atoms with van der Waals surface area (Å²) < 4.78 is 0.743. The van der Waals surface area contributed by atoms with E-state index >= 15 is 0 Å². The lowest BCUT2D eigenvalue weighted by Crippen LogP contribution is -1.93. The highest BCUT2D eigenvalue weighted by atomic mass is 79.9. The van der Waals surface area contributed by atoms with E-state index in [-0.39, 0.29) is 10.6 Å². The predicted molar refractivity (Wildman–Crippen MR) is 71.0 cm³/mol. The van der Waals surface area contributed by atoms with Crippen LogP contribution in [0.15, 0.2) is 27.6 Å². The van der Waals surface area contributed by atoms with Crippen LogP contribution in [-0.4, -0.2) is 10.7 Å². The van der Waals surface area contributed by atoms with Crippen LogP contribution in [0.25, 0.3) is 0 Å². The van der Waals surface area contributed by atoms with Crippen LogP contribution in [0.4, 0.5) is 5.69 Å². The molecular weight excluding hydrogens is 290 g/mol. The molecule has 0 bridgehead atoms. The zero-order valence-corrected chi connectivity index (χ0v) is 11.7. The number of nitrogens with zero attached hydrogens (tertiary/aromatic N) is 1. The Hall–Kier alpha value is -0.550. The van der Waals surface area contributed by atoms with Crippen LogP contribution in [0.2, 0.25) is 0 Å². The molecule has 5 heteroatoms. The fourth-order valence-corrected chi connectivity index (χ4v) is 2.76. The Labute approximate surface area is 108 Å². The monoisotopic (exact) mass is 303 g/mol. The number of nitro benzene ring substituents is 1. The third-order valence-corrected chi connectivity index (χ3v) is 3.66. The first kappa shape index (κ1) is 13.5. The predicted octanol–water partition coefficient (Wildman–Crippen LogP) is 4.50. The molecule has 1 aromatic rings. The molecule has 16 heavy (non-hydrogen) atoms. The molecule has 88 valence electrons. The van der Waals surface area contributed by atoms with Crippen molar-refractivity contribution in [2.24, 2.45) is 5.92 Å². The highest BCUT2D eigenvalue weighted by Crippen LogP contribution is 2.32. The minimum Gasteiger partial charge on any atom is -0.258 e. The molecule has 3 nitrogen and oxygen atoms in total. The molecule has 0 fully saturated rings. The molecule has 0 spiro atoms. The van der Waals surface area contributed by atoms with Gasteiger partial charge in [-0.2, -0.15) is 0 Å². The zero-order chi connectivity index (χ0) is 12.1. The number of hydrogen-bond donors (Lipinski definition) is 0. The third kappa shape index (κ3) is 4.14. The summed E-state index contributed by atoms with van der Waals surface area (Å²) in [5.74, 6) is 1.54. The standard InChI is InChI=1S/C11H14BrNO2S/c1-8(2)5-6-16-11-4-3-9(12)7-10(11)13(14)15/h3-4,7-8H,5-6H2,1-2H3. The third-order valence-electron chi connectivity index (χ3n) is 2.07. The van der Waals surface area contributed by atoms with Crippen molar-refractivity contribution >= 4 is 33.4 Å². The highest BCUT2D eigenvalue weighted by molar-refractivity contribution is 9.10. The fraction of sp³-hybridized carbons (Fsp3) is 0.455. The van der Waals surface area contributed by atoms with Crippen LogP contribution in [0.3, 0.4) is 0 Å². The van der Waals surface area contributed by atoms with E-state index in [0.717, 1.165) is 21.5 Å². The van der Waals surface area contributed by atoms with Gasteiger partial charge >= 0.3 is 0 Å². The van der Waals surface area contributed by atoms with Crippen LogP contribution in [0.5, 0.6) is 0 Å². The Morgan fingerprint density at radius 1 is 1.50 bits per heavy atom. The van der Waals surface area contributed by atoms with E-state index in [1.54, 1.807) is 23.9 Å². The van der Waals surface area contributed by atoms with E-state index in [9.17, 15) is 10.1 Å². The van der Waals surface area contributed by atoms with Crippen molar-refractivity contribution < 1.29 is 4.92 Å². The van der Waals surface area contributed by atoms with Gasteiger partial charge in [0.1, 0.15) is 0 Å². The van der Waals surface area contributed by atoms with Gasteiger partial charge in [0.2, 0.25) is 0 Å². The average molecular weight is 304 g/mol. The van der Waals surface area contributed by atoms with Gasteiger partial charge in [-0.15, -0.1) is 11.8 Å². The van der Waals surface area contributed by atoms with Crippen LogP contribution in [0.1, 0.15) is 20.3 Å². The Balaban J connectivity index is 2.75. The summed E-state index contributed by atoms with van der Waals surface area (Å²) in [6, 6.07) is 5.19. The van der Waals surface area contributed by atoms with Gasteiger partial charge in [0.25, 0.3) is 5.69 Å². The second-order valence-corrected chi connectivity index (χ2v) is 5.95. The van der Waals surface area contributed by atoms with Gasteiger partial charge in [0, 0.05) is 10.5 Å². The summed E-state index contributed by atoms with van der Waals surface area (Å²) in [5.41, 5.74) is 0.183. The molecule has 0 amide bonds. The molecule has 1 rings (SSSR count). The summed E-state index contributed by atoms with van der Waals surface area (Å²) >= 11 is 4.79. The van der Waals surface area contributed by atoms with Crippen LogP contribution in [-0.2, 0) is 0 Å². The maximum Gasteiger partial charge on any atom is 0.283 e. The molecular formula is C11H14BrNO2S. The van der Waals surface area contributed by atoms with Crippen molar-refractivity contribution in [2.75, 3.05) is 5.75 Å². The summed E-state index contributed by atoms with van der Waals surface area (Å²) in [5, 5.41) is 10.8. The molecule has 0 unspecified atom stereocenters. The van der Waals surface area contributed by atoms with E-state index in [1.807, 2.05) is 6.07 Å². The van der Waals surface area contributed by atoms with Crippen LogP contribution >= 0.6 is 27.7 Å². The van der Waals surface area contributed by atoms with Crippen molar-refractivity contribution in [3.63, 3.8) is 0 Å². The zero-order valence-electron chi connectivity index (χ0n) is 9.27. The smallest absolute Gasteiger partial charge is 0.258 e. The number of rotatable bonds is 5. The summed E-state index contributed by atoms with van der Waals surface area (Å²) in [6.07, 6.45) is 1.07. The van der Waals surface area contributed by atoms with Gasteiger partial charge < -0.3 is 0 Å². The first-order chi connectivity index (χ1) is 7.50. The molecule has 0 saturated heterocycles. The molecule has 0 aliphatic rings. The Morgan fingerprint density at radius 3 is 2.75 bits per heavy atom. The Morgan fingerprint density at radius 2 is 2.19 bits per heavy atom. The number of halogens is 1. The average Bonchev–Trinajstić information content (AvgIpc) is 2.19. The van der Waals surface area contributed by atoms with Crippen molar-refractivity contribution in [1.82, 2.24) is 0 Å². The van der Waals surface area contributed by atoms with E-state index in [1.165, 1.54) is 0 Å². The Kier molecular flexibility index (Phi) is 5.28. The van der Waals surface area contributed by atoms with E-state index in [2.05, 4.69) is 29.8 Å². The van der Waals surface area contributed by atoms with Gasteiger partial charge in [-0.05, 0) is 30.2 Å². The lowest BCUT2D eigenvalue weighted by molar-refractivity contribution is -0.387. The normalized spacial score (nSPS) is 10.8. The van der Waals surface area contributed by atoms with Crippen LogP contribution in [0, 0.1) is 16.0 Å². The van der Waals surface area contributed by atoms with E-state index in [4.69, 9.17) is 0 Å². The molecule has 0 heterocycles. The SMILES string of the molecule is CC(C)CCSc1ccc(Br)cc1[N+](=O)[O-]. The van der Waals surface area contributed by atoms with E-state index < -0.39 is 0 Å². The van der Waals surface area contributed by atoms with Crippen LogP contribution < -0.4 is 0 Å². The van der Waals surface area contributed by atoms with Crippen molar-refractivity contribution in [1.29, 1.82) is 0 Å². The molecule has 0 aliphatic carbocycles. The minimum absolute atomic E-state index is 0.183. The first-order valence-electron chi connectivity index (χ1n) is 5.07. The van der Waals surface area contributed by atoms with Crippen molar-refractivity contribution in [3.8, 4) is 0 Å².